The maximum absolute atomic E-state index is 11.3. The minimum atomic E-state index is -0.646. The van der Waals surface area contributed by atoms with Crippen LogP contribution in [0.1, 0.15) is 12.8 Å². The number of rotatable bonds is 4. The van der Waals surface area contributed by atoms with E-state index < -0.39 is 6.10 Å². The Morgan fingerprint density at radius 2 is 2.54 bits per heavy atom. The van der Waals surface area contributed by atoms with Gasteiger partial charge in [0.1, 0.15) is 0 Å². The van der Waals surface area contributed by atoms with Crippen molar-refractivity contribution in [2.24, 2.45) is 0 Å². The van der Waals surface area contributed by atoms with E-state index in [2.05, 4.69) is 10.6 Å². The number of carbonyl (C=O) groups excluding carboxylic acids is 1. The lowest BCUT2D eigenvalue weighted by Gasteiger charge is -2.12. The summed E-state index contributed by atoms with van der Waals surface area (Å²) in [5.74, 6) is 0.111. The summed E-state index contributed by atoms with van der Waals surface area (Å²) in [7, 11) is 0. The van der Waals surface area contributed by atoms with Crippen LogP contribution in [-0.4, -0.2) is 42.1 Å². The van der Waals surface area contributed by atoms with Crippen molar-refractivity contribution in [3.63, 3.8) is 0 Å². The zero-order chi connectivity index (χ0) is 9.68. The molecule has 1 aliphatic rings. The van der Waals surface area contributed by atoms with Gasteiger partial charge in [0.05, 0.1) is 18.0 Å². The molecule has 0 aromatic rings. The Morgan fingerprint density at radius 3 is 3.08 bits per heavy atom. The van der Waals surface area contributed by atoms with Crippen molar-refractivity contribution in [2.45, 2.75) is 25.0 Å². The molecule has 1 amide bonds. The molecule has 0 spiro atoms. The molecule has 0 aliphatic carbocycles. The average Bonchev–Trinajstić information content (AvgIpc) is 2.66. The van der Waals surface area contributed by atoms with Crippen molar-refractivity contribution in [1.29, 1.82) is 0 Å². The van der Waals surface area contributed by atoms with Gasteiger partial charge >= 0.3 is 0 Å². The van der Waals surface area contributed by atoms with Crippen molar-refractivity contribution in [2.75, 3.05) is 19.0 Å². The molecule has 0 saturated carbocycles. The standard InChI is InChI=1S/C8H15ClN2O2/c9-4-6(12)5-11-8(13)7-2-1-3-10-7/h6-7,10,12H,1-5H2,(H,11,13)/t6-,7-/m0/s1. The van der Waals surface area contributed by atoms with Crippen LogP contribution in [0.15, 0.2) is 0 Å². The lowest BCUT2D eigenvalue weighted by molar-refractivity contribution is -0.123. The Labute approximate surface area is 82.6 Å². The number of hydrogen-bond donors (Lipinski definition) is 3. The van der Waals surface area contributed by atoms with Gasteiger partial charge in [0.15, 0.2) is 0 Å². The molecule has 1 aliphatic heterocycles. The molecule has 1 rings (SSSR count). The van der Waals surface area contributed by atoms with Crippen LogP contribution in [-0.2, 0) is 4.79 Å². The maximum atomic E-state index is 11.3. The van der Waals surface area contributed by atoms with Crippen molar-refractivity contribution < 1.29 is 9.90 Å². The summed E-state index contributed by atoms with van der Waals surface area (Å²) < 4.78 is 0. The molecule has 5 heteroatoms. The molecular formula is C8H15ClN2O2. The number of alkyl halides is 1. The zero-order valence-electron chi connectivity index (χ0n) is 7.42. The first kappa shape index (κ1) is 10.8. The molecule has 13 heavy (non-hydrogen) atoms. The Balaban J connectivity index is 2.16. The SMILES string of the molecule is O=C(NC[C@@H](O)CCl)[C@@H]1CCCN1. The normalized spacial score (nSPS) is 24.3. The molecule has 0 aromatic heterocycles. The van der Waals surface area contributed by atoms with E-state index in [4.69, 9.17) is 16.7 Å². The molecule has 0 bridgehead atoms. The third-order valence-corrected chi connectivity index (χ3v) is 2.42. The second-order valence-corrected chi connectivity index (χ2v) is 3.51. The summed E-state index contributed by atoms with van der Waals surface area (Å²) >= 11 is 5.38. The molecule has 1 fully saturated rings. The van der Waals surface area contributed by atoms with Crippen molar-refractivity contribution in [3.8, 4) is 0 Å². The maximum Gasteiger partial charge on any atom is 0.237 e. The van der Waals surface area contributed by atoms with E-state index >= 15 is 0 Å². The molecular weight excluding hydrogens is 192 g/mol. The first-order valence-electron chi connectivity index (χ1n) is 4.49. The number of halogens is 1. The van der Waals surface area contributed by atoms with Gasteiger partial charge < -0.3 is 15.7 Å². The van der Waals surface area contributed by atoms with Gasteiger partial charge in [-0.25, -0.2) is 0 Å². The van der Waals surface area contributed by atoms with Crippen molar-refractivity contribution in [3.05, 3.63) is 0 Å². The number of aliphatic hydroxyl groups is 1. The van der Waals surface area contributed by atoms with Crippen LogP contribution < -0.4 is 10.6 Å². The van der Waals surface area contributed by atoms with Gasteiger partial charge in [-0.1, -0.05) is 0 Å². The van der Waals surface area contributed by atoms with E-state index in [0.717, 1.165) is 19.4 Å². The molecule has 1 heterocycles. The second kappa shape index (κ2) is 5.42. The monoisotopic (exact) mass is 206 g/mol. The molecule has 2 atom stereocenters. The first-order chi connectivity index (χ1) is 6.24. The Hall–Kier alpha value is -0.320. The minimum Gasteiger partial charge on any atom is -0.390 e. The zero-order valence-corrected chi connectivity index (χ0v) is 8.18. The first-order valence-corrected chi connectivity index (χ1v) is 5.02. The predicted molar refractivity (Wildman–Crippen MR) is 50.8 cm³/mol. The topological polar surface area (TPSA) is 61.4 Å². The fraction of sp³-hybridized carbons (Fsp3) is 0.875. The molecule has 76 valence electrons. The van der Waals surface area contributed by atoms with Gasteiger partial charge in [-0.2, -0.15) is 0 Å². The van der Waals surface area contributed by atoms with E-state index in [1.807, 2.05) is 0 Å². The quantitative estimate of drug-likeness (QED) is 0.542. The highest BCUT2D eigenvalue weighted by Gasteiger charge is 2.21. The summed E-state index contributed by atoms with van der Waals surface area (Å²) in [5, 5.41) is 14.8. The van der Waals surface area contributed by atoms with Gasteiger partial charge in [-0.15, -0.1) is 11.6 Å². The molecule has 0 unspecified atom stereocenters. The average molecular weight is 207 g/mol. The van der Waals surface area contributed by atoms with Gasteiger partial charge in [-0.3, -0.25) is 4.79 Å². The number of hydrogen-bond acceptors (Lipinski definition) is 3. The summed E-state index contributed by atoms with van der Waals surface area (Å²) in [5.41, 5.74) is 0. The lowest BCUT2D eigenvalue weighted by atomic mass is 10.2. The van der Waals surface area contributed by atoms with Crippen molar-refractivity contribution >= 4 is 17.5 Å². The number of aliphatic hydroxyl groups excluding tert-OH is 1. The number of amides is 1. The molecule has 0 aromatic carbocycles. The van der Waals surface area contributed by atoms with Gasteiger partial charge in [0.25, 0.3) is 0 Å². The summed E-state index contributed by atoms with van der Waals surface area (Å²) in [6.07, 6.45) is 1.27. The van der Waals surface area contributed by atoms with E-state index in [1.165, 1.54) is 0 Å². The molecule has 1 saturated heterocycles. The Morgan fingerprint density at radius 1 is 1.77 bits per heavy atom. The van der Waals surface area contributed by atoms with Crippen LogP contribution in [0.3, 0.4) is 0 Å². The van der Waals surface area contributed by atoms with E-state index in [0.29, 0.717) is 0 Å². The summed E-state index contributed by atoms with van der Waals surface area (Å²) in [6.45, 7) is 1.14. The van der Waals surface area contributed by atoms with E-state index in [9.17, 15) is 4.79 Å². The minimum absolute atomic E-state index is 0.0401. The van der Waals surface area contributed by atoms with Crippen LogP contribution in [0.5, 0.6) is 0 Å². The second-order valence-electron chi connectivity index (χ2n) is 3.20. The van der Waals surface area contributed by atoms with Gasteiger partial charge in [0.2, 0.25) is 5.91 Å². The fourth-order valence-electron chi connectivity index (χ4n) is 1.30. The van der Waals surface area contributed by atoms with Crippen LogP contribution in [0.4, 0.5) is 0 Å². The Kier molecular flexibility index (Phi) is 4.48. The highest BCUT2D eigenvalue weighted by molar-refractivity contribution is 6.18. The molecule has 0 radical (unpaired) electrons. The third-order valence-electron chi connectivity index (χ3n) is 2.07. The van der Waals surface area contributed by atoms with Crippen LogP contribution >= 0.6 is 11.6 Å². The van der Waals surface area contributed by atoms with Crippen LogP contribution in [0.2, 0.25) is 0 Å². The van der Waals surface area contributed by atoms with Gasteiger partial charge in [-0.05, 0) is 19.4 Å². The molecule has 4 nitrogen and oxygen atoms in total. The summed E-state index contributed by atoms with van der Waals surface area (Å²) in [6, 6.07) is -0.0810. The number of carbonyl (C=O) groups is 1. The smallest absolute Gasteiger partial charge is 0.237 e. The molecule has 3 N–H and O–H groups in total. The predicted octanol–water partition coefficient (Wildman–Crippen LogP) is -0.546. The summed E-state index contributed by atoms with van der Waals surface area (Å²) in [4.78, 5) is 11.3. The van der Waals surface area contributed by atoms with E-state index in [1.54, 1.807) is 0 Å². The highest BCUT2D eigenvalue weighted by Crippen LogP contribution is 2.04. The fourth-order valence-corrected chi connectivity index (χ4v) is 1.41. The van der Waals surface area contributed by atoms with Gasteiger partial charge in [0, 0.05) is 6.54 Å². The van der Waals surface area contributed by atoms with E-state index in [-0.39, 0.29) is 24.4 Å². The number of nitrogens with one attached hydrogen (secondary N) is 2. The van der Waals surface area contributed by atoms with Crippen LogP contribution in [0, 0.1) is 0 Å². The lowest BCUT2D eigenvalue weighted by Crippen LogP contribution is -2.43. The third kappa shape index (κ3) is 3.50. The highest BCUT2D eigenvalue weighted by atomic mass is 35.5. The van der Waals surface area contributed by atoms with Crippen LogP contribution in [0.25, 0.3) is 0 Å². The largest absolute Gasteiger partial charge is 0.390 e. The Bertz CT molecular complexity index is 172. The van der Waals surface area contributed by atoms with Crippen molar-refractivity contribution in [1.82, 2.24) is 10.6 Å².